The highest BCUT2D eigenvalue weighted by Gasteiger charge is 2.38. The zero-order valence-corrected chi connectivity index (χ0v) is 16.4. The van der Waals surface area contributed by atoms with E-state index < -0.39 is 0 Å². The molecule has 3 rings (SSSR count). The standard InChI is InChI=1S/C19H31N5O3/c1-3-17(25)20-12-18(26)24-9-10-27-16(14-23-7-5-4-6-8-23)19(24)15-11-21-22(2)13-15/h11,13,16,19H,3-10,12,14H2,1-2H3,(H,20,25)/t16-,19-/m0/s1. The summed E-state index contributed by atoms with van der Waals surface area (Å²) in [6.07, 6.45) is 7.77. The summed E-state index contributed by atoms with van der Waals surface area (Å²) >= 11 is 0. The minimum atomic E-state index is -0.180. The number of carbonyl (C=O) groups is 2. The molecule has 0 unspecified atom stereocenters. The molecule has 2 amide bonds. The van der Waals surface area contributed by atoms with Crippen LogP contribution < -0.4 is 5.32 Å². The largest absolute Gasteiger partial charge is 0.373 e. The third-order valence-electron chi connectivity index (χ3n) is 5.38. The summed E-state index contributed by atoms with van der Waals surface area (Å²) in [4.78, 5) is 28.7. The van der Waals surface area contributed by atoms with E-state index in [2.05, 4.69) is 15.3 Å². The molecule has 0 aromatic carbocycles. The summed E-state index contributed by atoms with van der Waals surface area (Å²) < 4.78 is 7.88. The van der Waals surface area contributed by atoms with Crippen molar-refractivity contribution in [2.75, 3.05) is 39.3 Å². The highest BCUT2D eigenvalue weighted by molar-refractivity contribution is 5.85. The number of likely N-dealkylation sites (tertiary alicyclic amines) is 1. The molecule has 0 bridgehead atoms. The summed E-state index contributed by atoms with van der Waals surface area (Å²) in [7, 11) is 1.88. The Bertz CT molecular complexity index is 641. The molecule has 0 spiro atoms. The van der Waals surface area contributed by atoms with Crippen LogP contribution in [0.4, 0.5) is 0 Å². The van der Waals surface area contributed by atoms with Crippen molar-refractivity contribution in [1.82, 2.24) is 24.9 Å². The van der Waals surface area contributed by atoms with Crippen LogP contribution in [0.25, 0.3) is 0 Å². The molecule has 3 heterocycles. The van der Waals surface area contributed by atoms with E-state index in [0.29, 0.717) is 19.6 Å². The van der Waals surface area contributed by atoms with E-state index in [1.54, 1.807) is 11.6 Å². The number of morpholine rings is 1. The van der Waals surface area contributed by atoms with Gasteiger partial charge in [-0.05, 0) is 25.9 Å². The maximum atomic E-state index is 12.9. The lowest BCUT2D eigenvalue weighted by Crippen LogP contribution is -2.54. The fraction of sp³-hybridized carbons (Fsp3) is 0.737. The van der Waals surface area contributed by atoms with Crippen LogP contribution in [0, 0.1) is 0 Å². The van der Waals surface area contributed by atoms with Gasteiger partial charge in [0, 0.05) is 38.3 Å². The van der Waals surface area contributed by atoms with E-state index in [0.717, 1.165) is 25.2 Å². The number of aryl methyl sites for hydroxylation is 1. The van der Waals surface area contributed by atoms with Gasteiger partial charge < -0.3 is 19.9 Å². The minimum absolute atomic E-state index is 0.0276. The molecule has 27 heavy (non-hydrogen) atoms. The molecule has 1 N–H and O–H groups in total. The van der Waals surface area contributed by atoms with Crippen LogP contribution in [-0.4, -0.2) is 76.8 Å². The zero-order valence-electron chi connectivity index (χ0n) is 16.4. The number of ether oxygens (including phenoxy) is 1. The summed E-state index contributed by atoms with van der Waals surface area (Å²) in [5.41, 5.74) is 0.981. The van der Waals surface area contributed by atoms with Crippen molar-refractivity contribution in [2.45, 2.75) is 44.8 Å². The summed E-state index contributed by atoms with van der Waals surface area (Å²) in [6, 6.07) is -0.180. The molecule has 1 aromatic rings. The molecule has 8 heteroatoms. The first-order valence-corrected chi connectivity index (χ1v) is 9.97. The van der Waals surface area contributed by atoms with Gasteiger partial charge in [0.1, 0.15) is 0 Å². The number of rotatable bonds is 6. The van der Waals surface area contributed by atoms with Crippen LogP contribution in [0.1, 0.15) is 44.2 Å². The molecule has 0 saturated carbocycles. The van der Waals surface area contributed by atoms with Crippen LogP contribution in [-0.2, 0) is 21.4 Å². The first-order chi connectivity index (χ1) is 13.1. The number of nitrogens with zero attached hydrogens (tertiary/aromatic N) is 4. The first kappa shape index (κ1) is 19.8. The highest BCUT2D eigenvalue weighted by Crippen LogP contribution is 2.30. The molecule has 2 saturated heterocycles. The number of aromatic nitrogens is 2. The molecular formula is C19H31N5O3. The number of carbonyl (C=O) groups excluding carboxylic acids is 2. The summed E-state index contributed by atoms with van der Waals surface area (Å²) in [5, 5.41) is 6.99. The van der Waals surface area contributed by atoms with Crippen molar-refractivity contribution < 1.29 is 14.3 Å². The van der Waals surface area contributed by atoms with Gasteiger partial charge in [-0.2, -0.15) is 5.10 Å². The molecule has 150 valence electrons. The quantitative estimate of drug-likeness (QED) is 0.789. The zero-order chi connectivity index (χ0) is 19.2. The second kappa shape index (κ2) is 9.32. The second-order valence-corrected chi connectivity index (χ2v) is 7.38. The fourth-order valence-electron chi connectivity index (χ4n) is 3.95. The Morgan fingerprint density at radius 2 is 2.04 bits per heavy atom. The third-order valence-corrected chi connectivity index (χ3v) is 5.38. The van der Waals surface area contributed by atoms with Crippen molar-refractivity contribution in [3.05, 3.63) is 18.0 Å². The van der Waals surface area contributed by atoms with Crippen molar-refractivity contribution >= 4 is 11.8 Å². The van der Waals surface area contributed by atoms with E-state index in [4.69, 9.17) is 4.74 Å². The minimum Gasteiger partial charge on any atom is -0.373 e. The van der Waals surface area contributed by atoms with Crippen LogP contribution >= 0.6 is 0 Å². The van der Waals surface area contributed by atoms with Crippen molar-refractivity contribution in [2.24, 2.45) is 7.05 Å². The molecule has 1 aromatic heterocycles. The predicted molar refractivity (Wildman–Crippen MR) is 101 cm³/mol. The number of piperidine rings is 1. The summed E-state index contributed by atoms with van der Waals surface area (Å²) in [6.45, 7) is 5.83. The molecule has 0 aliphatic carbocycles. The van der Waals surface area contributed by atoms with Gasteiger partial charge in [-0.3, -0.25) is 14.3 Å². The van der Waals surface area contributed by atoms with E-state index in [1.165, 1.54) is 19.3 Å². The lowest BCUT2D eigenvalue weighted by molar-refractivity contribution is -0.148. The van der Waals surface area contributed by atoms with Crippen molar-refractivity contribution in [1.29, 1.82) is 0 Å². The lowest BCUT2D eigenvalue weighted by atomic mass is 9.99. The summed E-state index contributed by atoms with van der Waals surface area (Å²) in [5.74, 6) is -0.183. The number of hydrogen-bond acceptors (Lipinski definition) is 5. The van der Waals surface area contributed by atoms with Crippen molar-refractivity contribution in [3.63, 3.8) is 0 Å². The molecule has 2 fully saturated rings. The maximum absolute atomic E-state index is 12.9. The van der Waals surface area contributed by atoms with E-state index in [9.17, 15) is 9.59 Å². The predicted octanol–water partition coefficient (Wildman–Crippen LogP) is 0.701. The van der Waals surface area contributed by atoms with Crippen molar-refractivity contribution in [3.8, 4) is 0 Å². The number of hydrogen-bond donors (Lipinski definition) is 1. The van der Waals surface area contributed by atoms with Crippen LogP contribution in [0.2, 0.25) is 0 Å². The Morgan fingerprint density at radius 3 is 2.70 bits per heavy atom. The SMILES string of the molecule is CCC(=O)NCC(=O)N1CCO[C@@H](CN2CCCCC2)[C@@H]1c1cnn(C)c1. The van der Waals surface area contributed by atoms with Gasteiger partial charge in [0.15, 0.2) is 0 Å². The number of amides is 2. The van der Waals surface area contributed by atoms with Crippen LogP contribution in [0.3, 0.4) is 0 Å². The Balaban J connectivity index is 1.75. The third kappa shape index (κ3) is 5.07. The van der Waals surface area contributed by atoms with E-state index >= 15 is 0 Å². The smallest absolute Gasteiger partial charge is 0.242 e. The Kier molecular flexibility index (Phi) is 6.84. The van der Waals surface area contributed by atoms with Crippen LogP contribution in [0.5, 0.6) is 0 Å². The normalized spacial score (nSPS) is 24.0. The first-order valence-electron chi connectivity index (χ1n) is 9.97. The van der Waals surface area contributed by atoms with Gasteiger partial charge in [-0.25, -0.2) is 0 Å². The Labute approximate surface area is 160 Å². The highest BCUT2D eigenvalue weighted by atomic mass is 16.5. The van der Waals surface area contributed by atoms with E-state index in [1.807, 2.05) is 24.3 Å². The molecule has 0 radical (unpaired) electrons. The average Bonchev–Trinajstić information content (AvgIpc) is 3.12. The molecule has 8 nitrogen and oxygen atoms in total. The Hall–Kier alpha value is -1.93. The van der Waals surface area contributed by atoms with Gasteiger partial charge in [0.05, 0.1) is 31.5 Å². The second-order valence-electron chi connectivity index (χ2n) is 7.38. The number of nitrogens with one attached hydrogen (secondary N) is 1. The fourth-order valence-corrected chi connectivity index (χ4v) is 3.95. The molecule has 2 aliphatic rings. The van der Waals surface area contributed by atoms with Gasteiger partial charge in [-0.15, -0.1) is 0 Å². The Morgan fingerprint density at radius 1 is 1.26 bits per heavy atom. The van der Waals surface area contributed by atoms with Gasteiger partial charge in [0.25, 0.3) is 0 Å². The molecule has 2 atom stereocenters. The molecular weight excluding hydrogens is 346 g/mol. The average molecular weight is 377 g/mol. The van der Waals surface area contributed by atoms with E-state index in [-0.39, 0.29) is 30.5 Å². The monoisotopic (exact) mass is 377 g/mol. The van der Waals surface area contributed by atoms with Gasteiger partial charge >= 0.3 is 0 Å². The van der Waals surface area contributed by atoms with Crippen LogP contribution in [0.15, 0.2) is 12.4 Å². The lowest BCUT2D eigenvalue weighted by Gasteiger charge is -2.43. The van der Waals surface area contributed by atoms with Gasteiger partial charge in [-0.1, -0.05) is 13.3 Å². The van der Waals surface area contributed by atoms with Gasteiger partial charge in [0.2, 0.25) is 11.8 Å². The maximum Gasteiger partial charge on any atom is 0.242 e. The topological polar surface area (TPSA) is 79.7 Å². The molecule has 2 aliphatic heterocycles.